The van der Waals surface area contributed by atoms with Crippen molar-refractivity contribution >= 4 is 18.0 Å². The van der Waals surface area contributed by atoms with Crippen LogP contribution in [0.15, 0.2) is 54.9 Å². The molecule has 8 heteroatoms. The summed E-state index contributed by atoms with van der Waals surface area (Å²) < 4.78 is 6.47. The van der Waals surface area contributed by atoms with Crippen LogP contribution < -0.4 is 5.32 Å². The molecule has 0 atom stereocenters. The maximum Gasteiger partial charge on any atom is 0.414 e. The predicted molar refractivity (Wildman–Crippen MR) is 96.3 cm³/mol. The summed E-state index contributed by atoms with van der Waals surface area (Å²) in [5.41, 5.74) is 4.51. The first-order valence-corrected chi connectivity index (χ1v) is 8.35. The number of hydrogen-bond donors (Lipinski definition) is 2. The second-order valence-electron chi connectivity index (χ2n) is 6.09. The van der Waals surface area contributed by atoms with E-state index >= 15 is 0 Å². The van der Waals surface area contributed by atoms with Crippen LogP contribution in [0.2, 0.25) is 0 Å². The number of benzene rings is 2. The Morgan fingerprint density at radius 1 is 1.07 bits per heavy atom. The van der Waals surface area contributed by atoms with Crippen molar-refractivity contribution in [3.05, 3.63) is 66.0 Å². The molecule has 2 N–H and O–H groups in total. The van der Waals surface area contributed by atoms with Gasteiger partial charge in [-0.05, 0) is 22.3 Å². The quantitative estimate of drug-likeness (QED) is 0.721. The maximum absolute atomic E-state index is 12.2. The highest BCUT2D eigenvalue weighted by atomic mass is 16.5. The molecule has 0 bridgehead atoms. The molecular weight excluding hydrogens is 348 g/mol. The number of amides is 1. The normalized spacial score (nSPS) is 12.3. The number of carboxylic acids is 1. The van der Waals surface area contributed by atoms with E-state index in [1.165, 1.54) is 6.33 Å². The van der Waals surface area contributed by atoms with E-state index in [2.05, 4.69) is 27.5 Å². The van der Waals surface area contributed by atoms with E-state index in [4.69, 9.17) is 9.84 Å². The highest BCUT2D eigenvalue weighted by Crippen LogP contribution is 2.44. The molecule has 27 heavy (non-hydrogen) atoms. The zero-order chi connectivity index (χ0) is 18.8. The van der Waals surface area contributed by atoms with Crippen molar-refractivity contribution in [2.75, 3.05) is 11.9 Å². The fourth-order valence-electron chi connectivity index (χ4n) is 3.33. The lowest BCUT2D eigenvalue weighted by Crippen LogP contribution is -2.21. The van der Waals surface area contributed by atoms with Gasteiger partial charge in [-0.3, -0.25) is 10.1 Å². The Hall–Kier alpha value is -3.68. The van der Waals surface area contributed by atoms with Gasteiger partial charge in [0.05, 0.1) is 0 Å². The zero-order valence-electron chi connectivity index (χ0n) is 14.2. The first-order chi connectivity index (χ1) is 13.1. The van der Waals surface area contributed by atoms with Crippen molar-refractivity contribution < 1.29 is 19.4 Å². The third-order valence-electron chi connectivity index (χ3n) is 4.46. The highest BCUT2D eigenvalue weighted by Gasteiger charge is 2.29. The number of hydrogen-bond acceptors (Lipinski definition) is 5. The molecule has 4 rings (SSSR count). The van der Waals surface area contributed by atoms with E-state index in [1.807, 2.05) is 36.4 Å². The number of nitrogens with one attached hydrogen (secondary N) is 1. The van der Waals surface area contributed by atoms with Crippen LogP contribution in [-0.4, -0.2) is 38.5 Å². The predicted octanol–water partition coefficient (Wildman–Crippen LogP) is 2.72. The number of carbonyl (C=O) groups excluding carboxylic acids is 1. The van der Waals surface area contributed by atoms with E-state index in [1.54, 1.807) is 0 Å². The molecule has 0 fully saturated rings. The lowest BCUT2D eigenvalue weighted by Gasteiger charge is -2.14. The summed E-state index contributed by atoms with van der Waals surface area (Å²) in [6, 6.07) is 16.1. The number of carbonyl (C=O) groups is 2. The second-order valence-corrected chi connectivity index (χ2v) is 6.09. The summed E-state index contributed by atoms with van der Waals surface area (Å²) in [5.74, 6) is -1.12. The van der Waals surface area contributed by atoms with Gasteiger partial charge in [0, 0.05) is 5.92 Å². The summed E-state index contributed by atoms with van der Waals surface area (Å²) >= 11 is 0. The summed E-state index contributed by atoms with van der Waals surface area (Å²) in [7, 11) is 0. The highest BCUT2D eigenvalue weighted by molar-refractivity contribution is 5.83. The van der Waals surface area contributed by atoms with E-state index in [0.29, 0.717) is 0 Å². The minimum absolute atomic E-state index is 0.0228. The van der Waals surface area contributed by atoms with Gasteiger partial charge in [-0.15, -0.1) is 0 Å². The number of aromatic nitrogens is 3. The molecule has 136 valence electrons. The first kappa shape index (κ1) is 16.8. The Bertz CT molecular complexity index is 969. The lowest BCUT2D eigenvalue weighted by atomic mass is 9.98. The zero-order valence-corrected chi connectivity index (χ0v) is 14.2. The third-order valence-corrected chi connectivity index (χ3v) is 4.46. The minimum Gasteiger partial charge on any atom is -0.480 e. The van der Waals surface area contributed by atoms with Crippen LogP contribution in [0.4, 0.5) is 10.7 Å². The number of ether oxygens (including phenoxy) is 1. The van der Waals surface area contributed by atoms with E-state index in [0.717, 1.165) is 26.9 Å². The van der Waals surface area contributed by atoms with E-state index in [9.17, 15) is 9.59 Å². The molecule has 1 amide bonds. The van der Waals surface area contributed by atoms with E-state index < -0.39 is 18.6 Å². The van der Waals surface area contributed by atoms with Crippen LogP contribution in [0, 0.1) is 0 Å². The Balaban J connectivity index is 1.47. The number of aliphatic carboxylic acids is 1. The molecule has 1 aromatic heterocycles. The average Bonchev–Trinajstić information content (AvgIpc) is 3.22. The summed E-state index contributed by atoms with van der Waals surface area (Å²) in [4.78, 5) is 26.8. The van der Waals surface area contributed by atoms with Gasteiger partial charge < -0.3 is 9.84 Å². The van der Waals surface area contributed by atoms with Crippen molar-refractivity contribution in [2.24, 2.45) is 0 Å². The topological polar surface area (TPSA) is 106 Å². The summed E-state index contributed by atoms with van der Waals surface area (Å²) in [6.45, 7) is -0.244. The molecule has 0 spiro atoms. The molecule has 2 aromatic carbocycles. The molecule has 0 aliphatic heterocycles. The standard InChI is InChI=1S/C19H16N4O4/c24-17(25)9-23-18(20-11-21-23)22-19(26)27-10-16-14-7-3-1-5-12(14)13-6-2-4-8-15(13)16/h1-8,11,16H,9-10H2,(H,24,25)(H,20,21,22,26). The number of anilines is 1. The Morgan fingerprint density at radius 3 is 2.33 bits per heavy atom. The number of carboxylic acid groups (broad SMARTS) is 1. The molecule has 0 saturated carbocycles. The smallest absolute Gasteiger partial charge is 0.414 e. The number of rotatable bonds is 5. The molecule has 1 heterocycles. The van der Waals surface area contributed by atoms with Gasteiger partial charge in [0.2, 0.25) is 5.95 Å². The van der Waals surface area contributed by atoms with Gasteiger partial charge >= 0.3 is 12.1 Å². The second kappa shape index (κ2) is 6.91. The van der Waals surface area contributed by atoms with Crippen molar-refractivity contribution in [1.29, 1.82) is 0 Å². The SMILES string of the molecule is O=C(O)Cn1ncnc1NC(=O)OCC1c2ccccc2-c2ccccc21. The minimum atomic E-state index is -1.09. The number of fused-ring (bicyclic) bond motifs is 3. The van der Waals surface area contributed by atoms with Crippen molar-refractivity contribution in [3.8, 4) is 11.1 Å². The van der Waals surface area contributed by atoms with Gasteiger partial charge in [0.25, 0.3) is 0 Å². The van der Waals surface area contributed by atoms with Gasteiger partial charge in [-0.1, -0.05) is 48.5 Å². The fraction of sp³-hybridized carbons (Fsp3) is 0.158. The van der Waals surface area contributed by atoms with Gasteiger partial charge in [-0.2, -0.15) is 10.1 Å². The molecule has 0 saturated heterocycles. The van der Waals surface area contributed by atoms with Gasteiger partial charge in [0.15, 0.2) is 0 Å². The van der Waals surface area contributed by atoms with Crippen molar-refractivity contribution in [1.82, 2.24) is 14.8 Å². The van der Waals surface area contributed by atoms with Crippen LogP contribution in [0.5, 0.6) is 0 Å². The molecule has 1 aliphatic carbocycles. The summed E-state index contributed by atoms with van der Waals surface area (Å²) in [5, 5.41) is 15.0. The Morgan fingerprint density at radius 2 is 1.70 bits per heavy atom. The third kappa shape index (κ3) is 3.24. The largest absolute Gasteiger partial charge is 0.480 e. The molecule has 0 unspecified atom stereocenters. The van der Waals surface area contributed by atoms with Crippen LogP contribution in [-0.2, 0) is 16.1 Å². The van der Waals surface area contributed by atoms with Gasteiger partial charge in [-0.25, -0.2) is 9.48 Å². The van der Waals surface area contributed by atoms with Crippen LogP contribution in [0.3, 0.4) is 0 Å². The van der Waals surface area contributed by atoms with Crippen LogP contribution >= 0.6 is 0 Å². The maximum atomic E-state index is 12.2. The van der Waals surface area contributed by atoms with Gasteiger partial charge in [0.1, 0.15) is 19.5 Å². The van der Waals surface area contributed by atoms with Crippen LogP contribution in [0.25, 0.3) is 11.1 Å². The molecule has 8 nitrogen and oxygen atoms in total. The fourth-order valence-corrected chi connectivity index (χ4v) is 3.33. The summed E-state index contributed by atoms with van der Waals surface area (Å²) in [6.07, 6.45) is 0.457. The van der Waals surface area contributed by atoms with Crippen molar-refractivity contribution in [2.45, 2.75) is 12.5 Å². The monoisotopic (exact) mass is 364 g/mol. The van der Waals surface area contributed by atoms with Crippen molar-refractivity contribution in [3.63, 3.8) is 0 Å². The Labute approximate surface area is 154 Å². The molecule has 3 aromatic rings. The molecule has 1 aliphatic rings. The number of nitrogens with zero attached hydrogens (tertiary/aromatic N) is 3. The lowest BCUT2D eigenvalue weighted by molar-refractivity contribution is -0.137. The average molecular weight is 364 g/mol. The van der Waals surface area contributed by atoms with Crippen LogP contribution in [0.1, 0.15) is 17.0 Å². The molecule has 0 radical (unpaired) electrons. The van der Waals surface area contributed by atoms with E-state index in [-0.39, 0.29) is 18.5 Å². The Kier molecular flexibility index (Phi) is 4.29. The molecular formula is C19H16N4O4. The first-order valence-electron chi connectivity index (χ1n) is 8.35.